The first kappa shape index (κ1) is 28.6. The van der Waals surface area contributed by atoms with Crippen molar-refractivity contribution in [3.63, 3.8) is 0 Å². The third kappa shape index (κ3) is 6.77. The number of rotatable bonds is 7. The van der Waals surface area contributed by atoms with Gasteiger partial charge in [-0.1, -0.05) is 57.2 Å². The van der Waals surface area contributed by atoms with Crippen LogP contribution in [0.4, 0.5) is 17.2 Å². The molecule has 1 aliphatic rings. The average molecular weight is 574 g/mol. The minimum atomic E-state index is -0.145. The van der Waals surface area contributed by atoms with E-state index in [0.717, 1.165) is 48.8 Å². The highest BCUT2D eigenvalue weighted by molar-refractivity contribution is 6.04. The van der Waals surface area contributed by atoms with E-state index in [9.17, 15) is 4.79 Å². The molecule has 1 amide bonds. The Kier molecular flexibility index (Phi) is 7.97. The third-order valence-corrected chi connectivity index (χ3v) is 7.85. The fraction of sp³-hybridized carbons (Fsp3) is 0.286. The van der Waals surface area contributed by atoms with E-state index in [-0.39, 0.29) is 11.3 Å². The number of carbonyl (C=O) groups excluding carboxylic acids is 1. The summed E-state index contributed by atoms with van der Waals surface area (Å²) >= 11 is 0. The van der Waals surface area contributed by atoms with Gasteiger partial charge in [-0.2, -0.15) is 0 Å². The molecule has 0 unspecified atom stereocenters. The van der Waals surface area contributed by atoms with Gasteiger partial charge in [0.15, 0.2) is 11.5 Å². The van der Waals surface area contributed by atoms with E-state index in [4.69, 9.17) is 4.98 Å². The highest BCUT2D eigenvalue weighted by Crippen LogP contribution is 2.27. The number of carbonyl (C=O) groups is 1. The SMILES string of the molecule is C[C@@H]1CN(Cc2cccc(Nc3nc(-c4cccc(NC(=O)c5ccc(C(C)(C)C)cc5)c4)cn4ccnc34)c2)CCN1. The topological polar surface area (TPSA) is 86.6 Å². The van der Waals surface area contributed by atoms with Gasteiger partial charge < -0.3 is 20.4 Å². The van der Waals surface area contributed by atoms with Gasteiger partial charge in [0.25, 0.3) is 5.91 Å². The van der Waals surface area contributed by atoms with E-state index >= 15 is 0 Å². The van der Waals surface area contributed by atoms with E-state index in [1.807, 2.05) is 65.3 Å². The molecule has 0 aliphatic carbocycles. The Hall–Kier alpha value is -4.53. The molecule has 0 bridgehead atoms. The fourth-order valence-corrected chi connectivity index (χ4v) is 5.53. The second kappa shape index (κ2) is 12.0. The smallest absolute Gasteiger partial charge is 0.255 e. The van der Waals surface area contributed by atoms with E-state index in [2.05, 4.69) is 77.8 Å². The van der Waals surface area contributed by atoms with Gasteiger partial charge in [0.05, 0.1) is 5.69 Å². The summed E-state index contributed by atoms with van der Waals surface area (Å²) in [4.78, 5) is 25.0. The molecule has 2 aromatic heterocycles. The Morgan fingerprint density at radius 3 is 2.60 bits per heavy atom. The molecule has 8 heteroatoms. The quantitative estimate of drug-likeness (QED) is 0.207. The Balaban J connectivity index is 1.22. The summed E-state index contributed by atoms with van der Waals surface area (Å²) < 4.78 is 1.97. The molecule has 1 aliphatic heterocycles. The van der Waals surface area contributed by atoms with Crippen molar-refractivity contribution >= 4 is 28.7 Å². The summed E-state index contributed by atoms with van der Waals surface area (Å²) in [6.45, 7) is 12.7. The van der Waals surface area contributed by atoms with Crippen LogP contribution in [0.25, 0.3) is 16.9 Å². The Morgan fingerprint density at radius 1 is 1.02 bits per heavy atom. The van der Waals surface area contributed by atoms with E-state index in [0.29, 0.717) is 23.1 Å². The Labute approximate surface area is 253 Å². The maximum Gasteiger partial charge on any atom is 0.255 e. The molecule has 220 valence electrons. The van der Waals surface area contributed by atoms with Crippen LogP contribution in [0.3, 0.4) is 0 Å². The number of hydrogen-bond donors (Lipinski definition) is 3. The van der Waals surface area contributed by atoms with Crippen molar-refractivity contribution in [2.75, 3.05) is 30.3 Å². The van der Waals surface area contributed by atoms with Crippen LogP contribution in [-0.4, -0.2) is 50.9 Å². The highest BCUT2D eigenvalue weighted by atomic mass is 16.1. The first-order valence-electron chi connectivity index (χ1n) is 14.9. The zero-order valence-electron chi connectivity index (χ0n) is 25.3. The highest BCUT2D eigenvalue weighted by Gasteiger charge is 2.17. The molecule has 1 atom stereocenters. The van der Waals surface area contributed by atoms with E-state index < -0.39 is 0 Å². The van der Waals surface area contributed by atoms with Gasteiger partial charge in [0, 0.05) is 73.3 Å². The lowest BCUT2D eigenvalue weighted by Gasteiger charge is -2.31. The van der Waals surface area contributed by atoms with Crippen LogP contribution < -0.4 is 16.0 Å². The van der Waals surface area contributed by atoms with Crippen molar-refractivity contribution in [2.45, 2.75) is 45.7 Å². The predicted octanol–water partition coefficient (Wildman–Crippen LogP) is 6.48. The molecule has 6 rings (SSSR count). The second-order valence-electron chi connectivity index (χ2n) is 12.4. The van der Waals surface area contributed by atoms with Crippen molar-refractivity contribution in [2.24, 2.45) is 0 Å². The van der Waals surface area contributed by atoms with Crippen molar-refractivity contribution in [3.8, 4) is 11.3 Å². The van der Waals surface area contributed by atoms with E-state index in [1.165, 1.54) is 11.1 Å². The molecule has 3 heterocycles. The van der Waals surface area contributed by atoms with Gasteiger partial charge in [-0.05, 0) is 59.9 Å². The lowest BCUT2D eigenvalue weighted by molar-refractivity contribution is 0.102. The van der Waals surface area contributed by atoms with Crippen LogP contribution in [0.2, 0.25) is 0 Å². The molecule has 43 heavy (non-hydrogen) atoms. The molecule has 3 aromatic carbocycles. The number of fused-ring (bicyclic) bond motifs is 1. The summed E-state index contributed by atoms with van der Waals surface area (Å²) in [5, 5.41) is 10.1. The maximum atomic E-state index is 13.0. The van der Waals surface area contributed by atoms with Crippen molar-refractivity contribution in [1.29, 1.82) is 0 Å². The van der Waals surface area contributed by atoms with Crippen molar-refractivity contribution < 1.29 is 4.79 Å². The molecule has 0 spiro atoms. The van der Waals surface area contributed by atoms with Gasteiger partial charge in [0.1, 0.15) is 0 Å². The number of imidazole rings is 1. The molecular formula is C35H39N7O. The Bertz CT molecular complexity index is 1740. The largest absolute Gasteiger partial charge is 0.337 e. The lowest BCUT2D eigenvalue weighted by Crippen LogP contribution is -2.48. The van der Waals surface area contributed by atoms with Crippen LogP contribution in [0, 0.1) is 0 Å². The minimum absolute atomic E-state index is 0.0347. The molecule has 8 nitrogen and oxygen atoms in total. The van der Waals surface area contributed by atoms with Gasteiger partial charge in [-0.15, -0.1) is 0 Å². The number of anilines is 3. The standard InChI is InChI=1S/C35H39N7O/c1-24-21-41(17-15-36-24)22-25-7-5-9-29(19-25)38-32-33-37-16-18-42(33)23-31(40-32)27-8-6-10-30(20-27)39-34(43)26-11-13-28(14-12-26)35(2,3)4/h5-14,16,18-20,23-24,36H,15,17,21-22H2,1-4H3,(H,38,40)(H,39,43)/t24-/m1/s1. The van der Waals surface area contributed by atoms with Gasteiger partial charge in [-0.25, -0.2) is 9.97 Å². The van der Waals surface area contributed by atoms with Crippen LogP contribution in [0.5, 0.6) is 0 Å². The van der Waals surface area contributed by atoms with Crippen molar-refractivity contribution in [1.82, 2.24) is 24.6 Å². The normalized spacial score (nSPS) is 15.9. The summed E-state index contributed by atoms with van der Waals surface area (Å²) in [5.74, 6) is 0.525. The zero-order chi connectivity index (χ0) is 30.0. The third-order valence-electron chi connectivity index (χ3n) is 7.85. The zero-order valence-corrected chi connectivity index (χ0v) is 25.3. The first-order chi connectivity index (χ1) is 20.7. The number of hydrogen-bond acceptors (Lipinski definition) is 6. The fourth-order valence-electron chi connectivity index (χ4n) is 5.53. The van der Waals surface area contributed by atoms with E-state index in [1.54, 1.807) is 6.20 Å². The van der Waals surface area contributed by atoms with Crippen molar-refractivity contribution in [3.05, 3.63) is 108 Å². The first-order valence-corrected chi connectivity index (χ1v) is 14.9. The Morgan fingerprint density at radius 2 is 1.81 bits per heavy atom. The molecule has 0 radical (unpaired) electrons. The number of nitrogens with zero attached hydrogens (tertiary/aromatic N) is 4. The molecular weight excluding hydrogens is 534 g/mol. The van der Waals surface area contributed by atoms with Crippen LogP contribution in [-0.2, 0) is 12.0 Å². The number of nitrogens with one attached hydrogen (secondary N) is 3. The van der Waals surface area contributed by atoms with Crippen LogP contribution in [0.15, 0.2) is 91.4 Å². The van der Waals surface area contributed by atoms with Crippen LogP contribution >= 0.6 is 0 Å². The number of amides is 1. The molecule has 1 saturated heterocycles. The summed E-state index contributed by atoms with van der Waals surface area (Å²) in [7, 11) is 0. The minimum Gasteiger partial charge on any atom is -0.337 e. The summed E-state index contributed by atoms with van der Waals surface area (Å²) in [5.41, 5.74) is 7.18. The number of aromatic nitrogens is 3. The number of piperazine rings is 1. The molecule has 0 saturated carbocycles. The summed E-state index contributed by atoms with van der Waals surface area (Å²) in [6, 6.07) is 24.6. The van der Waals surface area contributed by atoms with Crippen LogP contribution in [0.1, 0.15) is 49.2 Å². The molecule has 3 N–H and O–H groups in total. The monoisotopic (exact) mass is 573 g/mol. The maximum absolute atomic E-state index is 13.0. The van der Waals surface area contributed by atoms with Gasteiger partial charge >= 0.3 is 0 Å². The average Bonchev–Trinajstić information content (AvgIpc) is 3.47. The second-order valence-corrected chi connectivity index (χ2v) is 12.4. The number of benzene rings is 3. The summed E-state index contributed by atoms with van der Waals surface area (Å²) in [6.07, 6.45) is 5.65. The predicted molar refractivity (Wildman–Crippen MR) is 174 cm³/mol. The van der Waals surface area contributed by atoms with Gasteiger partial charge in [-0.3, -0.25) is 9.69 Å². The molecule has 1 fully saturated rings. The van der Waals surface area contributed by atoms with Gasteiger partial charge in [0.2, 0.25) is 0 Å². The lowest BCUT2D eigenvalue weighted by atomic mass is 9.87. The molecule has 5 aromatic rings.